The molecular weight excluding hydrogens is 1400 g/mol. The summed E-state index contributed by atoms with van der Waals surface area (Å²) in [6.45, 7) is 48.5. The molecule has 16 aromatic rings. The first-order valence-corrected chi connectivity index (χ1v) is 41.6. The molecule has 588 valence electrons. The Bertz CT molecular complexity index is 5950. The maximum Gasteiger partial charge on any atom is 0.227 e. The highest BCUT2D eigenvalue weighted by Crippen LogP contribution is 2.43. The minimum Gasteiger partial charge on any atom is -0.437 e. The zero-order chi connectivity index (χ0) is 81.7. The van der Waals surface area contributed by atoms with Crippen LogP contribution < -0.4 is 18.3 Å². The Kier molecular flexibility index (Phi) is 23.8. The average Bonchev–Trinajstić information content (AvgIpc) is 1.63. The summed E-state index contributed by atoms with van der Waals surface area (Å²) in [4.78, 5) is 19.0. The van der Waals surface area contributed by atoms with Gasteiger partial charge in [0, 0.05) is 112 Å². The van der Waals surface area contributed by atoms with Crippen molar-refractivity contribution in [1.29, 1.82) is 0 Å². The van der Waals surface area contributed by atoms with Gasteiger partial charge in [-0.25, -0.2) is 38.2 Å². The predicted molar refractivity (Wildman–Crippen MR) is 472 cm³/mol. The molecule has 0 N–H and O–H groups in total. The van der Waals surface area contributed by atoms with Crippen LogP contribution in [-0.4, -0.2) is 19.9 Å². The molecule has 0 aliphatic rings. The number of benzene rings is 4. The summed E-state index contributed by atoms with van der Waals surface area (Å²) in [6.07, 6.45) is 15.3. The van der Waals surface area contributed by atoms with Crippen LogP contribution >= 0.6 is 0 Å². The van der Waals surface area contributed by atoms with Crippen molar-refractivity contribution in [3.05, 3.63) is 236 Å². The van der Waals surface area contributed by atoms with Crippen molar-refractivity contribution in [2.24, 2.45) is 51.9 Å². The van der Waals surface area contributed by atoms with Gasteiger partial charge in [-0.3, -0.25) is 0 Å². The van der Waals surface area contributed by atoms with Gasteiger partial charge in [0.05, 0.1) is 22.3 Å². The molecule has 0 saturated carbocycles. The van der Waals surface area contributed by atoms with Crippen molar-refractivity contribution in [2.75, 3.05) is 0 Å². The maximum atomic E-state index is 6.37. The van der Waals surface area contributed by atoms with Gasteiger partial charge in [0.1, 0.15) is 28.2 Å². The molecule has 12 heteroatoms. The molecule has 12 aromatic heterocycles. The second kappa shape index (κ2) is 33.4. The van der Waals surface area contributed by atoms with Gasteiger partial charge in [0.2, 0.25) is 45.6 Å². The highest BCUT2D eigenvalue weighted by Gasteiger charge is 2.29. The van der Waals surface area contributed by atoms with Crippen LogP contribution in [0.5, 0.6) is 0 Å². The van der Waals surface area contributed by atoms with Crippen LogP contribution in [0.3, 0.4) is 0 Å². The van der Waals surface area contributed by atoms with Gasteiger partial charge in [0.25, 0.3) is 0 Å². The second-order valence-electron chi connectivity index (χ2n) is 34.8. The normalized spacial score (nSPS) is 11.9. The Morgan fingerprint density at radius 1 is 0.272 bits per heavy atom. The third-order valence-corrected chi connectivity index (χ3v) is 22.8. The van der Waals surface area contributed by atoms with Crippen molar-refractivity contribution in [3.63, 3.8) is 0 Å². The van der Waals surface area contributed by atoms with E-state index in [4.69, 9.17) is 37.6 Å². The van der Waals surface area contributed by atoms with Gasteiger partial charge in [-0.2, -0.15) is 0 Å². The van der Waals surface area contributed by atoms with Crippen LogP contribution in [-0.2, 0) is 66.7 Å². The Balaban J connectivity index is 0.000000133. The van der Waals surface area contributed by atoms with Crippen LogP contribution in [0.15, 0.2) is 164 Å². The molecule has 0 amide bonds. The third-order valence-electron chi connectivity index (χ3n) is 22.8. The van der Waals surface area contributed by atoms with Gasteiger partial charge in [-0.1, -0.05) is 145 Å². The zero-order valence-electron chi connectivity index (χ0n) is 72.8. The van der Waals surface area contributed by atoms with E-state index < -0.39 is 0 Å². The fourth-order valence-electron chi connectivity index (χ4n) is 16.5. The smallest absolute Gasteiger partial charge is 0.227 e. The number of aryl methyl sites for hydroxylation is 14. The number of pyridine rings is 8. The van der Waals surface area contributed by atoms with Crippen molar-refractivity contribution in [1.82, 2.24) is 19.9 Å². The molecule has 0 fully saturated rings. The lowest BCUT2D eigenvalue weighted by Gasteiger charge is -2.11. The molecule has 0 radical (unpaired) electrons. The van der Waals surface area contributed by atoms with Crippen molar-refractivity contribution < 1.29 is 35.9 Å². The summed E-state index contributed by atoms with van der Waals surface area (Å²) < 4.78 is 34.4. The third kappa shape index (κ3) is 16.4. The van der Waals surface area contributed by atoms with Crippen LogP contribution in [0.25, 0.3) is 133 Å². The lowest BCUT2D eigenvalue weighted by atomic mass is 9.96. The summed E-state index contributed by atoms with van der Waals surface area (Å²) in [5, 5.41) is 8.88. The average molecular weight is 1520 g/mol. The van der Waals surface area contributed by atoms with E-state index >= 15 is 0 Å². The van der Waals surface area contributed by atoms with Crippen LogP contribution in [0.2, 0.25) is 0 Å². The zero-order valence-corrected chi connectivity index (χ0v) is 72.8. The Morgan fingerprint density at radius 3 is 0.711 bits per heavy atom. The Hall–Kier alpha value is -10.7. The Morgan fingerprint density at radius 2 is 0.491 bits per heavy atom. The molecule has 4 aromatic carbocycles. The SMILES string of the molecule is CCc1ccc2c(n1)oc1c(-c3cc(C)c(CC(C)C)c[n+]3C)c(C)ccc12.CCc1ccc2c(n1)oc1c(-c3cc(C)c(CC(C)C)c[n+]3C)c(C)ccc12.Cc1cc(-c2c(C)ccc3c2oc2nc(C(C)C)ccc23)[n+](C)cc1CC(C)C.Cc1cc(-c2c(C)ccc3c2oc2nc(C(C)C)ccc23)[n+](C)cc1CC(C)C. The van der Waals surface area contributed by atoms with Crippen molar-refractivity contribution in [3.8, 4) is 45.0 Å². The minimum atomic E-state index is 0.378. The molecule has 0 saturated heterocycles. The van der Waals surface area contributed by atoms with Gasteiger partial charge in [0.15, 0.2) is 47.1 Å². The summed E-state index contributed by atoms with van der Waals surface area (Å²) >= 11 is 0. The second-order valence-corrected chi connectivity index (χ2v) is 34.8. The molecule has 12 heterocycles. The summed E-state index contributed by atoms with van der Waals surface area (Å²) in [7, 11) is 8.53. The summed E-state index contributed by atoms with van der Waals surface area (Å²) in [6, 6.07) is 43.7. The fraction of sp³-hybridized carbons (Fsp3) is 0.373. The topological polar surface area (TPSA) is 120 Å². The molecule has 12 nitrogen and oxygen atoms in total. The highest BCUT2D eigenvalue weighted by molar-refractivity contribution is 6.12. The van der Waals surface area contributed by atoms with Crippen LogP contribution in [0.4, 0.5) is 0 Å². The first-order valence-electron chi connectivity index (χ1n) is 41.6. The maximum absolute atomic E-state index is 6.37. The number of aromatic nitrogens is 8. The Labute approximate surface area is 675 Å². The standard InChI is InChI=1S/2C26H31N2O.2C25H29N2O/c2*1-15(2)12-19-14-28(7)23(13-18(19)6)24-17(5)8-9-20-21-10-11-22(16(3)4)27-26(21)29-25(20)24;2*1-7-19-9-11-21-20-10-8-16(4)23(24(20)28-25(21)26-19)22-13-17(5)18(12-15(2)3)14-27(22)6/h2*8-11,13-16H,12H2,1-7H3;2*8-11,13-15H,7,12H2,1-6H3/q4*+1. The summed E-state index contributed by atoms with van der Waals surface area (Å²) in [5.74, 6) is 3.32. The van der Waals surface area contributed by atoms with Crippen LogP contribution in [0, 0.1) is 79.1 Å². The van der Waals surface area contributed by atoms with Gasteiger partial charge in [-0.15, -0.1) is 0 Å². The van der Waals surface area contributed by atoms with E-state index in [0.717, 1.165) is 172 Å². The number of furan rings is 4. The molecule has 0 aliphatic heterocycles. The van der Waals surface area contributed by atoms with Crippen LogP contribution in [0.1, 0.15) is 198 Å². The quantitative estimate of drug-likeness (QED) is 0.0878. The molecule has 0 unspecified atom stereocenters. The molecule has 0 atom stereocenters. The van der Waals surface area contributed by atoms with E-state index in [9.17, 15) is 0 Å². The van der Waals surface area contributed by atoms with E-state index in [-0.39, 0.29) is 0 Å². The van der Waals surface area contributed by atoms with Crippen molar-refractivity contribution >= 4 is 88.3 Å². The monoisotopic (exact) mass is 1520 g/mol. The fourth-order valence-corrected chi connectivity index (χ4v) is 16.5. The van der Waals surface area contributed by atoms with E-state index in [1.54, 1.807) is 0 Å². The first-order chi connectivity index (χ1) is 54.3. The minimum absolute atomic E-state index is 0.378. The van der Waals surface area contributed by atoms with Gasteiger partial charge in [-0.05, 0) is 222 Å². The highest BCUT2D eigenvalue weighted by atomic mass is 16.4. The predicted octanol–water partition coefficient (Wildman–Crippen LogP) is 24.5. The number of fused-ring (bicyclic) bond motifs is 12. The number of nitrogens with zero attached hydrogens (tertiary/aromatic N) is 8. The number of hydrogen-bond donors (Lipinski definition) is 0. The number of rotatable bonds is 16. The van der Waals surface area contributed by atoms with E-state index in [2.05, 4.69) is 345 Å². The largest absolute Gasteiger partial charge is 0.437 e. The molecule has 16 rings (SSSR count). The van der Waals surface area contributed by atoms with Gasteiger partial charge < -0.3 is 17.7 Å². The molecular formula is C102H120N8O4+4. The van der Waals surface area contributed by atoms with E-state index in [1.165, 1.54) is 89.5 Å². The molecule has 0 aliphatic carbocycles. The lowest BCUT2D eigenvalue weighted by molar-refractivity contribution is -0.661. The van der Waals surface area contributed by atoms with Crippen molar-refractivity contribution in [2.45, 2.75) is 203 Å². The first kappa shape index (κ1) is 81.3. The molecule has 0 bridgehead atoms. The van der Waals surface area contributed by atoms with E-state index in [0.29, 0.717) is 35.5 Å². The lowest BCUT2D eigenvalue weighted by Crippen LogP contribution is -2.32. The number of hydrogen-bond acceptors (Lipinski definition) is 8. The summed E-state index contributed by atoms with van der Waals surface area (Å²) in [5.41, 5.74) is 36.1. The van der Waals surface area contributed by atoms with Gasteiger partial charge >= 0.3 is 0 Å². The molecule has 114 heavy (non-hydrogen) atoms. The molecule has 0 spiro atoms. The van der Waals surface area contributed by atoms with E-state index in [1.807, 2.05) is 0 Å².